The molecule has 0 N–H and O–H groups in total. The number of rotatable bonds is 4. The lowest BCUT2D eigenvalue weighted by atomic mass is 9.95. The molecule has 3 rings (SSSR count). The van der Waals surface area contributed by atoms with Crippen LogP contribution in [0.1, 0.15) is 37.8 Å². The van der Waals surface area contributed by atoms with Gasteiger partial charge in [0, 0.05) is 26.2 Å². The molecule has 3 nitrogen and oxygen atoms in total. The van der Waals surface area contributed by atoms with E-state index in [-0.39, 0.29) is 0 Å². The van der Waals surface area contributed by atoms with Gasteiger partial charge in [0.1, 0.15) is 0 Å². The van der Waals surface area contributed by atoms with Crippen LogP contribution < -0.4 is 0 Å². The van der Waals surface area contributed by atoms with Gasteiger partial charge in [-0.1, -0.05) is 18.2 Å². The predicted molar refractivity (Wildman–Crippen MR) is 95.9 cm³/mol. The van der Waals surface area contributed by atoms with Gasteiger partial charge in [-0.25, -0.2) is 0 Å². The van der Waals surface area contributed by atoms with Gasteiger partial charge in [-0.3, -0.25) is 9.80 Å². The van der Waals surface area contributed by atoms with Crippen LogP contribution in [-0.4, -0.2) is 54.7 Å². The maximum absolute atomic E-state index is 12.8. The first-order chi connectivity index (χ1) is 12.3. The Hall–Kier alpha value is -1.11. The van der Waals surface area contributed by atoms with Crippen molar-refractivity contribution in [3.8, 4) is 0 Å². The van der Waals surface area contributed by atoms with E-state index in [4.69, 9.17) is 4.74 Å². The average molecular weight is 370 g/mol. The summed E-state index contributed by atoms with van der Waals surface area (Å²) in [6.07, 6.45) is -1.47. The molecule has 0 bridgehead atoms. The fourth-order valence-electron chi connectivity index (χ4n) is 4.23. The molecule has 1 aromatic carbocycles. The van der Waals surface area contributed by atoms with Crippen LogP contribution in [0.15, 0.2) is 24.3 Å². The molecule has 2 fully saturated rings. The third-order valence-corrected chi connectivity index (χ3v) is 5.38. The third-order valence-electron chi connectivity index (χ3n) is 5.38. The van der Waals surface area contributed by atoms with Crippen LogP contribution in [0.3, 0.4) is 0 Å². The third kappa shape index (κ3) is 5.44. The van der Waals surface area contributed by atoms with E-state index in [1.807, 2.05) is 0 Å². The minimum atomic E-state index is -4.27. The van der Waals surface area contributed by atoms with Gasteiger partial charge in [-0.15, -0.1) is 0 Å². The molecule has 26 heavy (non-hydrogen) atoms. The van der Waals surface area contributed by atoms with E-state index in [0.717, 1.165) is 57.2 Å². The zero-order chi connectivity index (χ0) is 18.7. The van der Waals surface area contributed by atoms with Gasteiger partial charge in [-0.05, 0) is 57.3 Å². The predicted octanol–water partition coefficient (Wildman–Crippen LogP) is 4.03. The highest BCUT2D eigenvalue weighted by molar-refractivity contribution is 5.25. The van der Waals surface area contributed by atoms with Crippen molar-refractivity contribution in [3.63, 3.8) is 0 Å². The molecule has 0 unspecified atom stereocenters. The molecule has 2 aliphatic rings. The summed E-state index contributed by atoms with van der Waals surface area (Å²) < 4.78 is 44.3. The van der Waals surface area contributed by atoms with Gasteiger partial charge in [0.25, 0.3) is 0 Å². The normalized spacial score (nSPS) is 27.0. The highest BCUT2D eigenvalue weighted by atomic mass is 19.4. The van der Waals surface area contributed by atoms with Crippen LogP contribution in [-0.2, 0) is 17.5 Å². The van der Waals surface area contributed by atoms with Crippen molar-refractivity contribution in [1.29, 1.82) is 0 Å². The molecule has 0 amide bonds. The van der Waals surface area contributed by atoms with E-state index in [0.29, 0.717) is 24.7 Å². The number of benzene rings is 1. The van der Waals surface area contributed by atoms with E-state index in [1.54, 1.807) is 6.07 Å². The summed E-state index contributed by atoms with van der Waals surface area (Å²) >= 11 is 0. The minimum Gasteiger partial charge on any atom is -0.373 e. The van der Waals surface area contributed by atoms with E-state index >= 15 is 0 Å². The van der Waals surface area contributed by atoms with Crippen molar-refractivity contribution in [2.24, 2.45) is 5.92 Å². The fourth-order valence-corrected chi connectivity index (χ4v) is 4.23. The van der Waals surface area contributed by atoms with E-state index in [2.05, 4.69) is 23.6 Å². The first kappa shape index (κ1) is 19.6. The topological polar surface area (TPSA) is 15.7 Å². The van der Waals surface area contributed by atoms with Crippen molar-refractivity contribution < 1.29 is 17.9 Å². The second-order valence-corrected chi connectivity index (χ2v) is 7.89. The van der Waals surface area contributed by atoms with Gasteiger partial charge in [0.05, 0.1) is 17.8 Å². The summed E-state index contributed by atoms with van der Waals surface area (Å²) in [7, 11) is 0. The van der Waals surface area contributed by atoms with Crippen molar-refractivity contribution in [2.75, 3.05) is 32.7 Å². The van der Waals surface area contributed by atoms with Crippen molar-refractivity contribution in [1.82, 2.24) is 9.80 Å². The Morgan fingerprint density at radius 3 is 2.31 bits per heavy atom. The highest BCUT2D eigenvalue weighted by Gasteiger charge is 2.31. The van der Waals surface area contributed by atoms with Crippen LogP contribution in [0.2, 0.25) is 0 Å². The number of halogens is 3. The van der Waals surface area contributed by atoms with Crippen molar-refractivity contribution in [2.45, 2.75) is 51.6 Å². The average Bonchev–Trinajstić information content (AvgIpc) is 2.55. The molecule has 6 heteroatoms. The van der Waals surface area contributed by atoms with Gasteiger partial charge >= 0.3 is 6.18 Å². The Balaban J connectivity index is 1.47. The first-order valence-electron chi connectivity index (χ1n) is 9.56. The van der Waals surface area contributed by atoms with E-state index in [9.17, 15) is 13.2 Å². The molecule has 2 aliphatic heterocycles. The number of alkyl halides is 3. The van der Waals surface area contributed by atoms with Crippen LogP contribution in [0, 0.1) is 5.92 Å². The minimum absolute atomic E-state index is 0.291. The standard InChI is InChI=1S/C20H29F3N2O/c1-15-11-25(12-16(2)26-15)13-17-6-8-24(9-7-17)14-18-4-3-5-19(10-18)20(21,22)23/h3-5,10,15-17H,6-9,11-14H2,1-2H3/t15-,16+. The molecule has 0 spiro atoms. The number of ether oxygens (including phenoxy) is 1. The molecule has 2 heterocycles. The molecule has 0 aromatic heterocycles. The molecule has 0 saturated carbocycles. The maximum atomic E-state index is 12.8. The van der Waals surface area contributed by atoms with Crippen molar-refractivity contribution >= 4 is 0 Å². The summed E-state index contributed by atoms with van der Waals surface area (Å²) in [5, 5.41) is 0. The zero-order valence-electron chi connectivity index (χ0n) is 15.6. The summed E-state index contributed by atoms with van der Waals surface area (Å²) in [6.45, 7) is 9.86. The second-order valence-electron chi connectivity index (χ2n) is 7.89. The first-order valence-corrected chi connectivity index (χ1v) is 9.56. The zero-order valence-corrected chi connectivity index (χ0v) is 15.6. The summed E-state index contributed by atoms with van der Waals surface area (Å²) in [5.41, 5.74) is 0.189. The molecule has 0 aliphatic carbocycles. The highest BCUT2D eigenvalue weighted by Crippen LogP contribution is 2.30. The Labute approximate surface area is 154 Å². The second kappa shape index (κ2) is 8.28. The number of hydrogen-bond donors (Lipinski definition) is 0. The Morgan fingerprint density at radius 1 is 1.04 bits per heavy atom. The Morgan fingerprint density at radius 2 is 1.69 bits per heavy atom. The number of likely N-dealkylation sites (tertiary alicyclic amines) is 1. The van der Waals surface area contributed by atoms with E-state index in [1.165, 1.54) is 12.1 Å². The van der Waals surface area contributed by atoms with E-state index < -0.39 is 11.7 Å². The van der Waals surface area contributed by atoms with Crippen LogP contribution in [0.5, 0.6) is 0 Å². The molecule has 2 atom stereocenters. The van der Waals surface area contributed by atoms with Gasteiger partial charge in [-0.2, -0.15) is 13.2 Å². The largest absolute Gasteiger partial charge is 0.416 e. The van der Waals surface area contributed by atoms with Gasteiger partial charge in [0.15, 0.2) is 0 Å². The monoisotopic (exact) mass is 370 g/mol. The van der Waals surface area contributed by atoms with Crippen LogP contribution >= 0.6 is 0 Å². The number of hydrogen-bond acceptors (Lipinski definition) is 3. The Kier molecular flexibility index (Phi) is 6.25. The molecule has 146 valence electrons. The van der Waals surface area contributed by atoms with Crippen LogP contribution in [0.4, 0.5) is 13.2 Å². The summed E-state index contributed by atoms with van der Waals surface area (Å²) in [4.78, 5) is 4.78. The number of nitrogens with zero attached hydrogens (tertiary/aromatic N) is 2. The molecular formula is C20H29F3N2O. The number of morpholine rings is 1. The molecule has 2 saturated heterocycles. The molecule has 1 aromatic rings. The smallest absolute Gasteiger partial charge is 0.373 e. The lowest BCUT2D eigenvalue weighted by Crippen LogP contribution is -2.48. The van der Waals surface area contributed by atoms with Gasteiger partial charge < -0.3 is 4.74 Å². The molecule has 0 radical (unpaired) electrons. The molecular weight excluding hydrogens is 341 g/mol. The quantitative estimate of drug-likeness (QED) is 0.796. The summed E-state index contributed by atoms with van der Waals surface area (Å²) in [6, 6.07) is 5.71. The van der Waals surface area contributed by atoms with Gasteiger partial charge in [0.2, 0.25) is 0 Å². The number of piperidine rings is 1. The lowest BCUT2D eigenvalue weighted by molar-refractivity contribution is -0.137. The van der Waals surface area contributed by atoms with Crippen LogP contribution in [0.25, 0.3) is 0 Å². The fraction of sp³-hybridized carbons (Fsp3) is 0.700. The lowest BCUT2D eigenvalue weighted by Gasteiger charge is -2.39. The Bertz CT molecular complexity index is 575. The SMILES string of the molecule is C[C@@H]1CN(CC2CCN(Cc3cccc(C(F)(F)F)c3)CC2)C[C@H](C)O1. The summed E-state index contributed by atoms with van der Waals surface area (Å²) in [5.74, 6) is 0.672. The maximum Gasteiger partial charge on any atom is 0.416 e. The van der Waals surface area contributed by atoms with Crippen molar-refractivity contribution in [3.05, 3.63) is 35.4 Å².